The zero-order valence-electron chi connectivity index (χ0n) is 16.1. The van der Waals surface area contributed by atoms with Gasteiger partial charge in [0.05, 0.1) is 0 Å². The van der Waals surface area contributed by atoms with Crippen molar-refractivity contribution in [3.8, 4) is 0 Å². The number of rotatable bonds is 14. The molecule has 5 nitrogen and oxygen atoms in total. The van der Waals surface area contributed by atoms with E-state index in [1.807, 2.05) is 27.7 Å². The number of carbonyl (C=O) groups excluding carboxylic acids is 3. The first-order chi connectivity index (χ1) is 11.5. The van der Waals surface area contributed by atoms with Crippen molar-refractivity contribution in [2.75, 3.05) is 26.2 Å². The Morgan fingerprint density at radius 3 is 1.00 bits per heavy atom. The SMILES string of the molecule is CCCCN(CCCC)C(=O)C(=O)C(=O)N(CCCC)CCCC. The second-order valence-electron chi connectivity index (χ2n) is 6.33. The van der Waals surface area contributed by atoms with Crippen LogP contribution in [0.3, 0.4) is 0 Å². The minimum atomic E-state index is -0.866. The van der Waals surface area contributed by atoms with Gasteiger partial charge in [-0.25, -0.2) is 0 Å². The summed E-state index contributed by atoms with van der Waals surface area (Å²) in [5, 5.41) is 0. The first-order valence-corrected chi connectivity index (χ1v) is 9.65. The average molecular weight is 341 g/mol. The maximum absolute atomic E-state index is 12.5. The van der Waals surface area contributed by atoms with E-state index in [9.17, 15) is 14.4 Å². The van der Waals surface area contributed by atoms with Gasteiger partial charge in [-0.05, 0) is 25.7 Å². The summed E-state index contributed by atoms with van der Waals surface area (Å²) in [6.45, 7) is 10.4. The second kappa shape index (κ2) is 14.0. The van der Waals surface area contributed by atoms with Crippen LogP contribution in [-0.4, -0.2) is 53.6 Å². The predicted molar refractivity (Wildman–Crippen MR) is 97.8 cm³/mol. The van der Waals surface area contributed by atoms with Gasteiger partial charge < -0.3 is 9.80 Å². The van der Waals surface area contributed by atoms with Crippen molar-refractivity contribution in [3.05, 3.63) is 0 Å². The Morgan fingerprint density at radius 1 is 0.542 bits per heavy atom. The van der Waals surface area contributed by atoms with Crippen LogP contribution < -0.4 is 0 Å². The van der Waals surface area contributed by atoms with E-state index >= 15 is 0 Å². The molecule has 0 aromatic carbocycles. The Kier molecular flexibility index (Phi) is 13.2. The molecule has 0 radical (unpaired) electrons. The molecule has 0 N–H and O–H groups in total. The highest BCUT2D eigenvalue weighted by atomic mass is 16.2. The monoisotopic (exact) mass is 340 g/mol. The zero-order chi connectivity index (χ0) is 18.4. The molecule has 140 valence electrons. The summed E-state index contributed by atoms with van der Waals surface area (Å²) in [6.07, 6.45) is 7.24. The Hall–Kier alpha value is -1.39. The maximum Gasteiger partial charge on any atom is 0.307 e. The van der Waals surface area contributed by atoms with Gasteiger partial charge in [-0.15, -0.1) is 0 Å². The zero-order valence-corrected chi connectivity index (χ0v) is 16.1. The van der Waals surface area contributed by atoms with E-state index in [1.54, 1.807) is 9.80 Å². The molecule has 0 rings (SSSR count). The smallest absolute Gasteiger partial charge is 0.307 e. The maximum atomic E-state index is 12.5. The molecule has 5 heteroatoms. The predicted octanol–water partition coefficient (Wildman–Crippen LogP) is 3.41. The fourth-order valence-electron chi connectivity index (χ4n) is 2.40. The molecular formula is C19H36N2O3. The summed E-state index contributed by atoms with van der Waals surface area (Å²) < 4.78 is 0. The van der Waals surface area contributed by atoms with Crippen molar-refractivity contribution in [2.24, 2.45) is 0 Å². The molecule has 2 amide bonds. The lowest BCUT2D eigenvalue weighted by Crippen LogP contribution is -2.47. The molecule has 24 heavy (non-hydrogen) atoms. The number of unbranched alkanes of at least 4 members (excludes halogenated alkanes) is 4. The largest absolute Gasteiger partial charge is 0.336 e. The Labute approximate surface area is 147 Å². The Bertz CT molecular complexity index is 333. The fourth-order valence-corrected chi connectivity index (χ4v) is 2.40. The summed E-state index contributed by atoms with van der Waals surface area (Å²) in [6, 6.07) is 0. The third-order valence-electron chi connectivity index (χ3n) is 4.09. The molecule has 0 aromatic heterocycles. The molecule has 0 atom stereocenters. The number of nitrogens with zero attached hydrogens (tertiary/aromatic N) is 2. The Morgan fingerprint density at radius 2 is 0.792 bits per heavy atom. The molecule has 0 aliphatic rings. The number of Topliss-reactive ketones (excluding diaryl/α,β-unsaturated/α-hetero) is 1. The molecule has 0 saturated carbocycles. The second-order valence-corrected chi connectivity index (χ2v) is 6.33. The molecular weight excluding hydrogens is 304 g/mol. The summed E-state index contributed by atoms with van der Waals surface area (Å²) in [7, 11) is 0. The summed E-state index contributed by atoms with van der Waals surface area (Å²) in [4.78, 5) is 40.5. The van der Waals surface area contributed by atoms with Gasteiger partial charge >= 0.3 is 5.78 Å². The van der Waals surface area contributed by atoms with E-state index in [0.29, 0.717) is 26.2 Å². The first-order valence-electron chi connectivity index (χ1n) is 9.65. The van der Waals surface area contributed by atoms with Gasteiger partial charge in [-0.3, -0.25) is 14.4 Å². The van der Waals surface area contributed by atoms with E-state index in [4.69, 9.17) is 0 Å². The molecule has 0 aliphatic carbocycles. The van der Waals surface area contributed by atoms with Crippen LogP contribution in [0.2, 0.25) is 0 Å². The standard InChI is InChI=1S/C19H36N2O3/c1-5-9-13-20(14-10-6-2)18(23)17(22)19(24)21(15-11-7-3)16-12-8-4/h5-16H2,1-4H3. The lowest BCUT2D eigenvalue weighted by molar-refractivity contribution is -0.154. The lowest BCUT2D eigenvalue weighted by Gasteiger charge is -2.25. The van der Waals surface area contributed by atoms with Crippen molar-refractivity contribution in [1.29, 1.82) is 0 Å². The third-order valence-corrected chi connectivity index (χ3v) is 4.09. The summed E-state index contributed by atoms with van der Waals surface area (Å²) in [5.41, 5.74) is 0. The molecule has 0 spiro atoms. The van der Waals surface area contributed by atoms with Gasteiger partial charge in [0, 0.05) is 26.2 Å². The molecule has 0 fully saturated rings. The van der Waals surface area contributed by atoms with Gasteiger partial charge in [-0.2, -0.15) is 0 Å². The van der Waals surface area contributed by atoms with Crippen molar-refractivity contribution in [3.63, 3.8) is 0 Å². The molecule has 0 saturated heterocycles. The van der Waals surface area contributed by atoms with Crippen molar-refractivity contribution < 1.29 is 14.4 Å². The summed E-state index contributed by atoms with van der Waals surface area (Å²) in [5.74, 6) is -2.12. The van der Waals surface area contributed by atoms with Gasteiger partial charge in [0.1, 0.15) is 0 Å². The van der Waals surface area contributed by atoms with Crippen molar-refractivity contribution in [2.45, 2.75) is 79.1 Å². The van der Waals surface area contributed by atoms with E-state index in [2.05, 4.69) is 0 Å². The molecule has 0 bridgehead atoms. The van der Waals surface area contributed by atoms with Crippen molar-refractivity contribution >= 4 is 17.6 Å². The van der Waals surface area contributed by atoms with Gasteiger partial charge in [0.15, 0.2) is 0 Å². The fraction of sp³-hybridized carbons (Fsp3) is 0.842. The van der Waals surface area contributed by atoms with Crippen LogP contribution >= 0.6 is 0 Å². The van der Waals surface area contributed by atoms with Crippen molar-refractivity contribution in [1.82, 2.24) is 9.80 Å². The molecule has 0 unspecified atom stereocenters. The van der Waals surface area contributed by atoms with Crippen LogP contribution in [0.25, 0.3) is 0 Å². The van der Waals surface area contributed by atoms with Gasteiger partial charge in [0.2, 0.25) is 0 Å². The van der Waals surface area contributed by atoms with Gasteiger partial charge in [-0.1, -0.05) is 53.4 Å². The number of carbonyl (C=O) groups is 3. The Balaban J connectivity index is 4.91. The van der Waals surface area contributed by atoms with E-state index in [1.165, 1.54) is 0 Å². The summed E-state index contributed by atoms with van der Waals surface area (Å²) >= 11 is 0. The van der Waals surface area contributed by atoms with E-state index in [0.717, 1.165) is 51.4 Å². The van der Waals surface area contributed by atoms with Crippen LogP contribution in [0.15, 0.2) is 0 Å². The first kappa shape index (κ1) is 22.6. The quantitative estimate of drug-likeness (QED) is 0.360. The highest BCUT2D eigenvalue weighted by molar-refractivity contribution is 6.62. The van der Waals surface area contributed by atoms with Crippen LogP contribution in [0.1, 0.15) is 79.1 Å². The van der Waals surface area contributed by atoms with Gasteiger partial charge in [0.25, 0.3) is 11.8 Å². The van der Waals surface area contributed by atoms with Crippen LogP contribution in [0, 0.1) is 0 Å². The number of amides is 2. The van der Waals surface area contributed by atoms with E-state index in [-0.39, 0.29) is 0 Å². The minimum Gasteiger partial charge on any atom is -0.336 e. The normalized spacial score (nSPS) is 10.5. The number of hydrogen-bond acceptors (Lipinski definition) is 3. The number of hydrogen-bond donors (Lipinski definition) is 0. The molecule has 0 aliphatic heterocycles. The highest BCUT2D eigenvalue weighted by Gasteiger charge is 2.30. The average Bonchev–Trinajstić information content (AvgIpc) is 2.60. The topological polar surface area (TPSA) is 57.7 Å². The lowest BCUT2D eigenvalue weighted by atomic mass is 10.2. The van der Waals surface area contributed by atoms with Crippen LogP contribution in [-0.2, 0) is 14.4 Å². The molecule has 0 heterocycles. The minimum absolute atomic E-state index is 0.554. The third kappa shape index (κ3) is 8.46. The molecule has 0 aromatic rings. The van der Waals surface area contributed by atoms with Crippen LogP contribution in [0.4, 0.5) is 0 Å². The number of ketones is 1. The van der Waals surface area contributed by atoms with Crippen LogP contribution in [0.5, 0.6) is 0 Å². The highest BCUT2D eigenvalue weighted by Crippen LogP contribution is 2.05. The van der Waals surface area contributed by atoms with E-state index < -0.39 is 17.6 Å².